The maximum absolute atomic E-state index is 10.3. The molecule has 0 aromatic heterocycles. The van der Waals surface area contributed by atoms with Crippen LogP contribution in [0.1, 0.15) is 56.0 Å². The molecule has 0 atom stereocenters. The number of phenols is 3. The van der Waals surface area contributed by atoms with Gasteiger partial charge in [-0.3, -0.25) is 0 Å². The van der Waals surface area contributed by atoms with Crippen LogP contribution in [0.25, 0.3) is 0 Å². The van der Waals surface area contributed by atoms with E-state index < -0.39 is 45.6 Å². The Bertz CT molecular complexity index is 959. The molecule has 0 aliphatic heterocycles. The van der Waals surface area contributed by atoms with Crippen molar-refractivity contribution in [2.24, 2.45) is 5.73 Å². The van der Waals surface area contributed by atoms with Crippen molar-refractivity contribution in [3.05, 3.63) is 86.5 Å². The van der Waals surface area contributed by atoms with Gasteiger partial charge in [0.15, 0.2) is 0 Å². The van der Waals surface area contributed by atoms with Crippen LogP contribution in [0.3, 0.4) is 0 Å². The van der Waals surface area contributed by atoms with E-state index in [2.05, 4.69) is 5.73 Å². The van der Waals surface area contributed by atoms with E-state index in [0.717, 1.165) is 0 Å². The summed E-state index contributed by atoms with van der Waals surface area (Å²) < 4.78 is 0. The van der Waals surface area contributed by atoms with Gasteiger partial charge in [0.1, 0.15) is 17.2 Å². The second-order valence-electron chi connectivity index (χ2n) is 7.94. The Balaban J connectivity index is 0.00000222. The fourth-order valence-corrected chi connectivity index (χ4v) is 4.16. The molecule has 3 aromatic carbocycles. The van der Waals surface area contributed by atoms with E-state index in [1.54, 1.807) is 0 Å². The number of nitrogens with two attached hydrogens (primary N) is 1. The number of aliphatic hydroxyl groups excluding tert-OH is 6. The zero-order valence-corrected chi connectivity index (χ0v) is 19.9. The second-order valence-corrected chi connectivity index (χ2v) is 7.94. The monoisotopic (exact) mass is 503 g/mol. The Morgan fingerprint density at radius 2 is 0.611 bits per heavy atom. The Morgan fingerprint density at radius 3 is 0.750 bits per heavy atom. The fraction of sp³-hybridized carbons (Fsp3) is 0.308. The van der Waals surface area contributed by atoms with Crippen molar-refractivity contribution >= 4 is 0 Å². The van der Waals surface area contributed by atoms with Crippen molar-refractivity contribution in [2.75, 3.05) is 7.05 Å². The fourth-order valence-electron chi connectivity index (χ4n) is 4.16. The molecule has 10 nitrogen and oxygen atoms in total. The van der Waals surface area contributed by atoms with Crippen LogP contribution >= 0.6 is 0 Å². The van der Waals surface area contributed by atoms with Crippen LogP contribution in [0.4, 0.5) is 0 Å². The van der Waals surface area contributed by atoms with E-state index in [-0.39, 0.29) is 50.6 Å². The molecule has 0 unspecified atom stereocenters. The molecule has 11 N–H and O–H groups in total. The summed E-state index contributed by atoms with van der Waals surface area (Å²) in [4.78, 5) is 0. The van der Waals surface area contributed by atoms with E-state index in [9.17, 15) is 46.0 Å². The normalized spacial score (nSPS) is 10.9. The predicted octanol–water partition coefficient (Wildman–Crippen LogP) is 0.512. The average molecular weight is 504 g/mol. The van der Waals surface area contributed by atoms with Crippen molar-refractivity contribution in [3.63, 3.8) is 0 Å². The molecule has 0 radical (unpaired) electrons. The third-order valence-electron chi connectivity index (χ3n) is 5.89. The number of aromatic hydroxyl groups is 3. The van der Waals surface area contributed by atoms with Gasteiger partial charge < -0.3 is 51.7 Å². The van der Waals surface area contributed by atoms with Crippen LogP contribution in [0.15, 0.2) is 36.4 Å². The molecule has 3 rings (SSSR count). The Kier molecular flexibility index (Phi) is 10.6. The highest BCUT2D eigenvalue weighted by molar-refractivity contribution is 5.56. The second kappa shape index (κ2) is 13.2. The molecule has 0 saturated heterocycles. The molecule has 0 spiro atoms. The van der Waals surface area contributed by atoms with Gasteiger partial charge in [0, 0.05) is 39.3 Å². The predicted molar refractivity (Wildman–Crippen MR) is 131 cm³/mol. The first kappa shape index (κ1) is 29.0. The van der Waals surface area contributed by atoms with Gasteiger partial charge in [0.05, 0.1) is 39.6 Å². The van der Waals surface area contributed by atoms with E-state index in [1.165, 1.54) is 43.4 Å². The lowest BCUT2D eigenvalue weighted by Gasteiger charge is -2.24. The molecule has 10 heteroatoms. The molecule has 0 aliphatic rings. The van der Waals surface area contributed by atoms with Crippen LogP contribution in [0, 0.1) is 0 Å². The van der Waals surface area contributed by atoms with Crippen molar-refractivity contribution in [1.29, 1.82) is 0 Å². The molecule has 0 bridgehead atoms. The first-order valence-electron chi connectivity index (χ1n) is 11.1. The van der Waals surface area contributed by atoms with Gasteiger partial charge >= 0.3 is 0 Å². The first-order valence-corrected chi connectivity index (χ1v) is 11.1. The summed E-state index contributed by atoms with van der Waals surface area (Å²) in [5.74, 6) is -1.52. The van der Waals surface area contributed by atoms with E-state index in [0.29, 0.717) is 16.7 Å². The lowest BCUT2D eigenvalue weighted by atomic mass is 9.81. The minimum Gasteiger partial charge on any atom is -0.507 e. The van der Waals surface area contributed by atoms with Gasteiger partial charge in [-0.1, -0.05) is 0 Å². The molecule has 196 valence electrons. The Labute approximate surface area is 208 Å². The summed E-state index contributed by atoms with van der Waals surface area (Å²) in [5, 5.41) is 89.4. The Hall–Kier alpha value is -3.22. The van der Waals surface area contributed by atoms with Gasteiger partial charge in [-0.05, 0) is 60.1 Å². The highest BCUT2D eigenvalue weighted by atomic mass is 16.3. The largest absolute Gasteiger partial charge is 0.507 e. The van der Waals surface area contributed by atoms with Gasteiger partial charge in [-0.15, -0.1) is 0 Å². The van der Waals surface area contributed by atoms with E-state index in [4.69, 9.17) is 0 Å². The van der Waals surface area contributed by atoms with Gasteiger partial charge in [0.2, 0.25) is 0 Å². The van der Waals surface area contributed by atoms with Gasteiger partial charge in [-0.2, -0.15) is 0 Å². The standard InChI is InChI=1S/C25H28O9.CH5N/c26-7-16-1-13(2-17(8-27)23(16)32)22(14-3-18(9-28)24(33)19(4-14)10-29)15-5-20(11-30)25(34)21(6-15)12-31;1-2/h1-6,22,26-34H,7-12H2;2H2,1H3. The minimum absolute atomic E-state index is 0.152. The lowest BCUT2D eigenvalue weighted by molar-refractivity contribution is 0.263. The van der Waals surface area contributed by atoms with Crippen molar-refractivity contribution in [2.45, 2.75) is 45.6 Å². The number of rotatable bonds is 9. The summed E-state index contributed by atoms with van der Waals surface area (Å²) in [5.41, 5.74) is 6.88. The van der Waals surface area contributed by atoms with Crippen LogP contribution in [-0.2, 0) is 39.6 Å². The number of hydrogen-bond donors (Lipinski definition) is 10. The minimum atomic E-state index is -0.733. The maximum atomic E-state index is 10.3. The maximum Gasteiger partial charge on any atom is 0.126 e. The third-order valence-corrected chi connectivity index (χ3v) is 5.89. The van der Waals surface area contributed by atoms with Crippen LogP contribution < -0.4 is 5.73 Å². The summed E-state index contributed by atoms with van der Waals surface area (Å²) in [7, 11) is 1.50. The molecular weight excluding hydrogens is 470 g/mol. The molecule has 0 heterocycles. The number of aliphatic hydroxyl groups is 6. The number of benzene rings is 3. The van der Waals surface area contributed by atoms with E-state index in [1.807, 2.05) is 0 Å². The number of hydrogen-bond acceptors (Lipinski definition) is 10. The molecule has 0 amide bonds. The summed E-state index contributed by atoms with van der Waals surface area (Å²) in [6.07, 6.45) is 0. The van der Waals surface area contributed by atoms with Crippen molar-refractivity contribution < 1.29 is 46.0 Å². The Morgan fingerprint density at radius 1 is 0.444 bits per heavy atom. The summed E-state index contributed by atoms with van der Waals surface area (Å²) >= 11 is 0. The van der Waals surface area contributed by atoms with E-state index >= 15 is 0 Å². The third kappa shape index (κ3) is 5.77. The molecular formula is C26H33NO9. The summed E-state index contributed by atoms with van der Waals surface area (Å²) in [6.45, 7) is -3.09. The van der Waals surface area contributed by atoms with Gasteiger partial charge in [0.25, 0.3) is 0 Å². The average Bonchev–Trinajstić information content (AvgIpc) is 2.91. The topological polar surface area (TPSA) is 208 Å². The van der Waals surface area contributed by atoms with Crippen LogP contribution in [0.2, 0.25) is 0 Å². The smallest absolute Gasteiger partial charge is 0.126 e. The highest BCUT2D eigenvalue weighted by Gasteiger charge is 2.24. The summed E-state index contributed by atoms with van der Waals surface area (Å²) in [6, 6.07) is 9.13. The van der Waals surface area contributed by atoms with Crippen LogP contribution in [-0.4, -0.2) is 53.0 Å². The molecule has 36 heavy (non-hydrogen) atoms. The van der Waals surface area contributed by atoms with Crippen LogP contribution in [0.5, 0.6) is 17.2 Å². The van der Waals surface area contributed by atoms with Crippen molar-refractivity contribution in [1.82, 2.24) is 0 Å². The SMILES string of the molecule is CN.OCc1cc(C(c2cc(CO)c(O)c(CO)c2)c2cc(CO)c(O)c(CO)c2)cc(CO)c1O. The highest BCUT2D eigenvalue weighted by Crippen LogP contribution is 2.40. The zero-order chi connectivity index (χ0) is 27.0. The molecule has 3 aromatic rings. The van der Waals surface area contributed by atoms with Gasteiger partial charge in [-0.25, -0.2) is 0 Å². The zero-order valence-electron chi connectivity index (χ0n) is 19.9. The molecule has 0 fully saturated rings. The molecule has 0 saturated carbocycles. The van der Waals surface area contributed by atoms with Crippen molar-refractivity contribution in [3.8, 4) is 17.2 Å². The molecule has 0 aliphatic carbocycles. The first-order chi connectivity index (χ1) is 17.3. The quantitative estimate of drug-likeness (QED) is 0.183. The lowest BCUT2D eigenvalue weighted by Crippen LogP contribution is -2.09.